The maximum atomic E-state index is 12.8. The van der Waals surface area contributed by atoms with Crippen LogP contribution in [0.3, 0.4) is 0 Å². The standard InChI is InChI=1S/C22H24N6O2S/c1-15-13-19-20(24-14-25-21(19)31-15)27-8-10-28(11-9-27)22(29)26-16(2)17-3-5-18(6-4-17)30-12-7-23/h3-6,13-14,16H,8-12H2,1-2H3,(H,26,29). The number of nitrogens with zero attached hydrogens (tertiary/aromatic N) is 5. The minimum atomic E-state index is -0.134. The molecule has 0 spiro atoms. The third-order valence-electron chi connectivity index (χ3n) is 5.32. The maximum absolute atomic E-state index is 12.8. The number of aromatic nitrogens is 2. The van der Waals surface area contributed by atoms with E-state index in [1.165, 1.54) is 4.88 Å². The van der Waals surface area contributed by atoms with Crippen molar-refractivity contribution in [1.82, 2.24) is 20.2 Å². The molecule has 1 aliphatic rings. The first-order valence-corrected chi connectivity index (χ1v) is 11.0. The van der Waals surface area contributed by atoms with Gasteiger partial charge in [0.1, 0.15) is 28.8 Å². The number of urea groups is 1. The quantitative estimate of drug-likeness (QED) is 0.658. The second-order valence-electron chi connectivity index (χ2n) is 7.43. The SMILES string of the molecule is Cc1cc2c(N3CCN(C(=O)NC(C)c4ccc(OCC#N)cc4)CC3)ncnc2s1. The predicted molar refractivity (Wildman–Crippen MR) is 120 cm³/mol. The molecule has 8 nitrogen and oxygen atoms in total. The summed E-state index contributed by atoms with van der Waals surface area (Å²) in [5, 5.41) is 12.7. The lowest BCUT2D eigenvalue weighted by molar-refractivity contribution is 0.191. The number of piperazine rings is 1. The molecular formula is C22H24N6O2S. The van der Waals surface area contributed by atoms with Crippen LogP contribution >= 0.6 is 11.3 Å². The van der Waals surface area contributed by atoms with Gasteiger partial charge in [-0.15, -0.1) is 11.3 Å². The molecule has 1 unspecified atom stereocenters. The lowest BCUT2D eigenvalue weighted by Gasteiger charge is -2.36. The number of anilines is 1. The first-order valence-electron chi connectivity index (χ1n) is 10.2. The molecule has 1 atom stereocenters. The Bertz CT molecular complexity index is 1100. The number of nitrogens with one attached hydrogen (secondary N) is 1. The van der Waals surface area contributed by atoms with Crippen LogP contribution in [0.1, 0.15) is 23.4 Å². The summed E-state index contributed by atoms with van der Waals surface area (Å²) in [5.74, 6) is 1.58. The number of hydrogen-bond donors (Lipinski definition) is 1. The van der Waals surface area contributed by atoms with E-state index < -0.39 is 0 Å². The summed E-state index contributed by atoms with van der Waals surface area (Å²) in [7, 11) is 0. The Labute approximate surface area is 185 Å². The third kappa shape index (κ3) is 4.70. The maximum Gasteiger partial charge on any atom is 0.317 e. The molecule has 1 fully saturated rings. The number of thiophene rings is 1. The van der Waals surface area contributed by atoms with Gasteiger partial charge in [0.15, 0.2) is 6.61 Å². The fraction of sp³-hybridized carbons (Fsp3) is 0.364. The van der Waals surface area contributed by atoms with Crippen LogP contribution < -0.4 is 15.0 Å². The van der Waals surface area contributed by atoms with Crippen molar-refractivity contribution < 1.29 is 9.53 Å². The van der Waals surface area contributed by atoms with Crippen LogP contribution in [-0.2, 0) is 0 Å². The molecule has 31 heavy (non-hydrogen) atoms. The van der Waals surface area contributed by atoms with Crippen LogP contribution in [0.4, 0.5) is 10.6 Å². The Morgan fingerprint density at radius 1 is 1.26 bits per heavy atom. The molecule has 9 heteroatoms. The molecule has 4 rings (SSSR count). The molecule has 3 aromatic rings. The van der Waals surface area contributed by atoms with E-state index in [2.05, 4.69) is 33.2 Å². The third-order valence-corrected chi connectivity index (χ3v) is 6.28. The average molecular weight is 437 g/mol. The largest absolute Gasteiger partial charge is 0.479 e. The lowest BCUT2D eigenvalue weighted by atomic mass is 10.1. The van der Waals surface area contributed by atoms with Gasteiger partial charge in [-0.1, -0.05) is 12.1 Å². The fourth-order valence-electron chi connectivity index (χ4n) is 3.67. The van der Waals surface area contributed by atoms with Crippen molar-refractivity contribution >= 4 is 33.4 Å². The molecule has 0 bridgehead atoms. The van der Waals surface area contributed by atoms with Crippen molar-refractivity contribution in [2.45, 2.75) is 19.9 Å². The summed E-state index contributed by atoms with van der Waals surface area (Å²) in [6.07, 6.45) is 1.62. The number of aryl methyl sites for hydroxylation is 1. The molecule has 0 saturated carbocycles. The van der Waals surface area contributed by atoms with Crippen LogP contribution in [0.15, 0.2) is 36.7 Å². The van der Waals surface area contributed by atoms with Gasteiger partial charge in [-0.25, -0.2) is 14.8 Å². The molecule has 1 saturated heterocycles. The molecule has 2 aromatic heterocycles. The molecule has 0 aliphatic carbocycles. The Morgan fingerprint density at radius 3 is 2.71 bits per heavy atom. The van der Waals surface area contributed by atoms with Gasteiger partial charge in [0.2, 0.25) is 0 Å². The summed E-state index contributed by atoms with van der Waals surface area (Å²) in [5.41, 5.74) is 0.979. The van der Waals surface area contributed by atoms with E-state index in [1.54, 1.807) is 17.7 Å². The lowest BCUT2D eigenvalue weighted by Crippen LogP contribution is -2.52. The number of nitriles is 1. The Hall–Kier alpha value is -3.38. The van der Waals surface area contributed by atoms with Crippen molar-refractivity contribution in [3.8, 4) is 11.8 Å². The zero-order valence-electron chi connectivity index (χ0n) is 17.5. The summed E-state index contributed by atoms with van der Waals surface area (Å²) in [4.78, 5) is 27.9. The topological polar surface area (TPSA) is 94.4 Å². The minimum Gasteiger partial charge on any atom is -0.479 e. The van der Waals surface area contributed by atoms with Crippen molar-refractivity contribution in [1.29, 1.82) is 5.26 Å². The van der Waals surface area contributed by atoms with Gasteiger partial charge in [0.25, 0.3) is 0 Å². The number of carbonyl (C=O) groups excluding carboxylic acids is 1. The zero-order valence-corrected chi connectivity index (χ0v) is 18.4. The van der Waals surface area contributed by atoms with Crippen molar-refractivity contribution in [3.05, 3.63) is 47.1 Å². The van der Waals surface area contributed by atoms with E-state index in [0.717, 1.165) is 34.7 Å². The van der Waals surface area contributed by atoms with E-state index in [0.29, 0.717) is 18.8 Å². The zero-order chi connectivity index (χ0) is 21.8. The van der Waals surface area contributed by atoms with Gasteiger partial charge in [-0.2, -0.15) is 5.26 Å². The highest BCUT2D eigenvalue weighted by Crippen LogP contribution is 2.30. The first-order chi connectivity index (χ1) is 15.0. The van der Waals surface area contributed by atoms with Gasteiger partial charge in [0.05, 0.1) is 11.4 Å². The highest BCUT2D eigenvalue weighted by molar-refractivity contribution is 7.18. The highest BCUT2D eigenvalue weighted by atomic mass is 32.1. The number of hydrogen-bond acceptors (Lipinski definition) is 7. The monoisotopic (exact) mass is 436 g/mol. The number of ether oxygens (including phenoxy) is 1. The average Bonchev–Trinajstić information content (AvgIpc) is 3.18. The van der Waals surface area contributed by atoms with Crippen molar-refractivity contribution in [2.24, 2.45) is 0 Å². The number of carbonyl (C=O) groups is 1. The number of amides is 2. The van der Waals surface area contributed by atoms with Crippen LogP contribution in [0.2, 0.25) is 0 Å². The van der Waals surface area contributed by atoms with Gasteiger partial charge in [-0.05, 0) is 37.6 Å². The molecule has 1 N–H and O–H groups in total. The van der Waals surface area contributed by atoms with E-state index in [-0.39, 0.29) is 18.7 Å². The van der Waals surface area contributed by atoms with Crippen LogP contribution in [0.5, 0.6) is 5.75 Å². The Balaban J connectivity index is 1.33. The molecule has 3 heterocycles. The normalized spacial score (nSPS) is 14.9. The van der Waals surface area contributed by atoms with Gasteiger partial charge >= 0.3 is 6.03 Å². The second kappa shape index (κ2) is 9.18. The summed E-state index contributed by atoms with van der Waals surface area (Å²) in [6.45, 7) is 6.77. The molecule has 160 valence electrons. The molecule has 2 amide bonds. The summed E-state index contributed by atoms with van der Waals surface area (Å²) < 4.78 is 5.27. The van der Waals surface area contributed by atoms with Crippen LogP contribution in [-0.4, -0.2) is 53.7 Å². The minimum absolute atomic E-state index is 0.0180. The van der Waals surface area contributed by atoms with Crippen LogP contribution in [0, 0.1) is 18.3 Å². The highest BCUT2D eigenvalue weighted by Gasteiger charge is 2.24. The molecule has 0 radical (unpaired) electrons. The number of fused-ring (bicyclic) bond motifs is 1. The fourth-order valence-corrected chi connectivity index (χ4v) is 4.51. The van der Waals surface area contributed by atoms with E-state index in [9.17, 15) is 4.79 Å². The Morgan fingerprint density at radius 2 is 2.00 bits per heavy atom. The summed E-state index contributed by atoms with van der Waals surface area (Å²) in [6, 6.07) is 11.3. The molecular weight excluding hydrogens is 412 g/mol. The van der Waals surface area contributed by atoms with Crippen LogP contribution in [0.25, 0.3) is 10.2 Å². The number of rotatable bonds is 5. The van der Waals surface area contributed by atoms with Gasteiger partial charge < -0.3 is 19.9 Å². The molecule has 1 aromatic carbocycles. The van der Waals surface area contributed by atoms with Crippen molar-refractivity contribution in [3.63, 3.8) is 0 Å². The van der Waals surface area contributed by atoms with E-state index in [4.69, 9.17) is 10.00 Å². The second-order valence-corrected chi connectivity index (χ2v) is 8.67. The van der Waals surface area contributed by atoms with Gasteiger partial charge in [-0.3, -0.25) is 0 Å². The molecule has 1 aliphatic heterocycles. The van der Waals surface area contributed by atoms with E-state index in [1.807, 2.05) is 42.2 Å². The number of benzene rings is 1. The van der Waals surface area contributed by atoms with E-state index >= 15 is 0 Å². The smallest absolute Gasteiger partial charge is 0.317 e. The van der Waals surface area contributed by atoms with Crippen molar-refractivity contribution in [2.75, 3.05) is 37.7 Å². The van der Waals surface area contributed by atoms with Gasteiger partial charge in [0, 0.05) is 31.1 Å². The Kier molecular flexibility index (Phi) is 6.18. The predicted octanol–water partition coefficient (Wildman–Crippen LogP) is 3.49. The first kappa shape index (κ1) is 20.9. The summed E-state index contributed by atoms with van der Waals surface area (Å²) >= 11 is 1.67.